The van der Waals surface area contributed by atoms with Crippen LogP contribution in [0.4, 0.5) is 0 Å². The molecule has 0 aromatic carbocycles. The lowest BCUT2D eigenvalue weighted by molar-refractivity contribution is -0.133. The van der Waals surface area contributed by atoms with Crippen molar-refractivity contribution in [3.8, 4) is 0 Å². The average molecular weight is 229 g/mol. The van der Waals surface area contributed by atoms with E-state index in [9.17, 15) is 4.79 Å². The maximum absolute atomic E-state index is 11.6. The SMILES string of the molecule is C[C@@H](N)C(=O)N1CCn2c(Cl)cnc2C1. The molecule has 1 aromatic rings. The number of nitrogens with zero attached hydrogens (tertiary/aromatic N) is 3. The summed E-state index contributed by atoms with van der Waals surface area (Å²) < 4.78 is 1.91. The number of hydrogen-bond donors (Lipinski definition) is 1. The number of amides is 1. The molecule has 0 radical (unpaired) electrons. The van der Waals surface area contributed by atoms with Gasteiger partial charge < -0.3 is 15.2 Å². The lowest BCUT2D eigenvalue weighted by Crippen LogP contribution is -2.45. The van der Waals surface area contributed by atoms with Gasteiger partial charge in [0.15, 0.2) is 0 Å². The molecule has 5 nitrogen and oxygen atoms in total. The Hall–Kier alpha value is -1.07. The molecule has 0 aliphatic carbocycles. The zero-order valence-electron chi connectivity index (χ0n) is 8.48. The summed E-state index contributed by atoms with van der Waals surface area (Å²) >= 11 is 5.92. The Morgan fingerprint density at radius 1 is 1.67 bits per heavy atom. The predicted octanol–water partition coefficient (Wildman–Crippen LogP) is 0.226. The molecule has 0 bridgehead atoms. The smallest absolute Gasteiger partial charge is 0.239 e. The number of aromatic nitrogens is 2. The van der Waals surface area contributed by atoms with Crippen LogP contribution in [-0.2, 0) is 17.9 Å². The van der Waals surface area contributed by atoms with Crippen LogP contribution in [0.5, 0.6) is 0 Å². The van der Waals surface area contributed by atoms with Gasteiger partial charge in [0.25, 0.3) is 0 Å². The second kappa shape index (κ2) is 3.83. The molecule has 0 fully saturated rings. The van der Waals surface area contributed by atoms with Crippen molar-refractivity contribution in [1.29, 1.82) is 0 Å². The second-order valence-electron chi connectivity index (χ2n) is 3.70. The van der Waals surface area contributed by atoms with Crippen molar-refractivity contribution in [3.05, 3.63) is 17.2 Å². The van der Waals surface area contributed by atoms with Crippen molar-refractivity contribution in [2.24, 2.45) is 5.73 Å². The van der Waals surface area contributed by atoms with Crippen LogP contribution in [0.25, 0.3) is 0 Å². The van der Waals surface area contributed by atoms with Gasteiger partial charge in [-0.1, -0.05) is 11.6 Å². The molecule has 1 aromatic heterocycles. The van der Waals surface area contributed by atoms with Gasteiger partial charge in [-0.05, 0) is 6.92 Å². The standard InChI is InChI=1S/C9H13ClN4O/c1-6(11)9(15)13-2-3-14-7(10)4-12-8(14)5-13/h4,6H,2-3,5,11H2,1H3/t6-/m1/s1. The molecular weight excluding hydrogens is 216 g/mol. The van der Waals surface area contributed by atoms with Crippen molar-refractivity contribution in [3.63, 3.8) is 0 Å². The summed E-state index contributed by atoms with van der Waals surface area (Å²) in [6, 6.07) is -0.456. The van der Waals surface area contributed by atoms with Gasteiger partial charge in [0.2, 0.25) is 5.91 Å². The number of halogens is 1. The molecule has 1 amide bonds. The highest BCUT2D eigenvalue weighted by molar-refractivity contribution is 6.29. The fourth-order valence-corrected chi connectivity index (χ4v) is 1.93. The van der Waals surface area contributed by atoms with E-state index in [0.717, 1.165) is 5.82 Å². The van der Waals surface area contributed by atoms with Gasteiger partial charge in [0, 0.05) is 13.1 Å². The van der Waals surface area contributed by atoms with Crippen LogP contribution in [0.2, 0.25) is 5.15 Å². The van der Waals surface area contributed by atoms with Gasteiger partial charge in [-0.15, -0.1) is 0 Å². The molecule has 0 spiro atoms. The van der Waals surface area contributed by atoms with Crippen LogP contribution >= 0.6 is 11.6 Å². The van der Waals surface area contributed by atoms with Gasteiger partial charge in [-0.2, -0.15) is 0 Å². The van der Waals surface area contributed by atoms with E-state index in [-0.39, 0.29) is 5.91 Å². The molecule has 1 aliphatic rings. The maximum Gasteiger partial charge on any atom is 0.239 e. The minimum atomic E-state index is -0.456. The summed E-state index contributed by atoms with van der Waals surface area (Å²) in [6.45, 7) is 3.51. The summed E-state index contributed by atoms with van der Waals surface area (Å²) in [5.74, 6) is 0.778. The summed E-state index contributed by atoms with van der Waals surface area (Å²) in [5.41, 5.74) is 5.55. The number of hydrogen-bond acceptors (Lipinski definition) is 3. The zero-order valence-corrected chi connectivity index (χ0v) is 9.24. The molecular formula is C9H13ClN4O. The third-order valence-electron chi connectivity index (χ3n) is 2.52. The molecule has 82 valence electrons. The van der Waals surface area contributed by atoms with E-state index in [2.05, 4.69) is 4.98 Å². The van der Waals surface area contributed by atoms with Gasteiger partial charge in [-0.3, -0.25) is 4.79 Å². The molecule has 0 saturated heterocycles. The molecule has 2 heterocycles. The zero-order chi connectivity index (χ0) is 11.0. The topological polar surface area (TPSA) is 64.2 Å². The minimum Gasteiger partial charge on any atom is -0.332 e. The third-order valence-corrected chi connectivity index (χ3v) is 2.82. The lowest BCUT2D eigenvalue weighted by atomic mass is 10.2. The van der Waals surface area contributed by atoms with E-state index in [0.29, 0.717) is 24.8 Å². The van der Waals surface area contributed by atoms with Crippen LogP contribution in [0.3, 0.4) is 0 Å². The highest BCUT2D eigenvalue weighted by atomic mass is 35.5. The summed E-state index contributed by atoms with van der Waals surface area (Å²) in [5, 5.41) is 0.623. The number of rotatable bonds is 1. The molecule has 15 heavy (non-hydrogen) atoms. The fraction of sp³-hybridized carbons (Fsp3) is 0.556. The van der Waals surface area contributed by atoms with E-state index < -0.39 is 6.04 Å². The first-order valence-corrected chi connectivity index (χ1v) is 5.21. The van der Waals surface area contributed by atoms with E-state index in [1.165, 1.54) is 0 Å². The second-order valence-corrected chi connectivity index (χ2v) is 4.08. The van der Waals surface area contributed by atoms with Crippen LogP contribution in [0.15, 0.2) is 6.20 Å². The molecule has 0 unspecified atom stereocenters. The minimum absolute atomic E-state index is 0.0413. The van der Waals surface area contributed by atoms with E-state index in [1.54, 1.807) is 18.0 Å². The maximum atomic E-state index is 11.6. The van der Waals surface area contributed by atoms with Crippen LogP contribution in [0, 0.1) is 0 Å². The highest BCUT2D eigenvalue weighted by Gasteiger charge is 2.24. The van der Waals surface area contributed by atoms with Crippen molar-refractivity contribution in [1.82, 2.24) is 14.5 Å². The van der Waals surface area contributed by atoms with E-state index in [1.807, 2.05) is 4.57 Å². The number of carbonyl (C=O) groups is 1. The Morgan fingerprint density at radius 3 is 3.07 bits per heavy atom. The van der Waals surface area contributed by atoms with Crippen LogP contribution in [-0.4, -0.2) is 32.9 Å². The Balaban J connectivity index is 2.16. The molecule has 1 atom stereocenters. The van der Waals surface area contributed by atoms with Gasteiger partial charge >= 0.3 is 0 Å². The Morgan fingerprint density at radius 2 is 2.40 bits per heavy atom. The van der Waals surface area contributed by atoms with Crippen LogP contribution < -0.4 is 5.73 Å². The summed E-state index contributed by atoms with van der Waals surface area (Å²) in [6.07, 6.45) is 1.61. The first-order valence-electron chi connectivity index (χ1n) is 4.84. The van der Waals surface area contributed by atoms with Crippen molar-refractivity contribution in [2.75, 3.05) is 6.54 Å². The number of fused-ring (bicyclic) bond motifs is 1. The molecule has 6 heteroatoms. The first kappa shape index (κ1) is 10.4. The predicted molar refractivity (Wildman–Crippen MR) is 56.3 cm³/mol. The van der Waals surface area contributed by atoms with Crippen molar-refractivity contribution >= 4 is 17.5 Å². The molecule has 2 N–H and O–H groups in total. The lowest BCUT2D eigenvalue weighted by Gasteiger charge is -2.29. The monoisotopic (exact) mass is 228 g/mol. The number of imidazole rings is 1. The quantitative estimate of drug-likeness (QED) is 0.748. The number of carbonyl (C=O) groups excluding carboxylic acids is 1. The van der Waals surface area contributed by atoms with Gasteiger partial charge in [0.1, 0.15) is 11.0 Å². The Kier molecular flexibility index (Phi) is 2.67. The molecule has 0 saturated carbocycles. The fourth-order valence-electron chi connectivity index (χ4n) is 1.70. The Bertz CT molecular complexity index is 387. The summed E-state index contributed by atoms with van der Waals surface area (Å²) in [7, 11) is 0. The normalized spacial score (nSPS) is 17.4. The molecule has 1 aliphatic heterocycles. The van der Waals surface area contributed by atoms with E-state index in [4.69, 9.17) is 17.3 Å². The van der Waals surface area contributed by atoms with Gasteiger partial charge in [-0.25, -0.2) is 4.98 Å². The van der Waals surface area contributed by atoms with Gasteiger partial charge in [0.05, 0.1) is 18.8 Å². The van der Waals surface area contributed by atoms with E-state index >= 15 is 0 Å². The third kappa shape index (κ3) is 1.85. The first-order chi connectivity index (χ1) is 7.09. The van der Waals surface area contributed by atoms with Crippen LogP contribution in [0.1, 0.15) is 12.7 Å². The molecule has 2 rings (SSSR count). The average Bonchev–Trinajstić information content (AvgIpc) is 2.59. The van der Waals surface area contributed by atoms with Crippen molar-refractivity contribution < 1.29 is 4.79 Å². The largest absolute Gasteiger partial charge is 0.332 e. The van der Waals surface area contributed by atoms with Crippen molar-refractivity contribution in [2.45, 2.75) is 26.1 Å². The Labute approximate surface area is 92.8 Å². The summed E-state index contributed by atoms with van der Waals surface area (Å²) in [4.78, 5) is 17.5. The number of nitrogens with two attached hydrogens (primary N) is 1. The highest BCUT2D eigenvalue weighted by Crippen LogP contribution is 2.17.